The van der Waals surface area contributed by atoms with E-state index in [-0.39, 0.29) is 29.3 Å². The lowest BCUT2D eigenvalue weighted by Crippen LogP contribution is -2.46. The molecule has 3 aliphatic rings. The Kier molecular flexibility index (Phi) is 5.61. The number of rotatable bonds is 5. The maximum Gasteiger partial charge on any atom is 0.269 e. The van der Waals surface area contributed by atoms with Gasteiger partial charge < -0.3 is 20.3 Å². The molecule has 2 amide bonds. The van der Waals surface area contributed by atoms with Gasteiger partial charge in [0.05, 0.1) is 11.4 Å². The molecule has 2 aromatic heterocycles. The van der Waals surface area contributed by atoms with Crippen LogP contribution in [0, 0.1) is 18.7 Å². The minimum Gasteiger partial charge on any atom is -0.462 e. The molecule has 2 N–H and O–H groups in total. The summed E-state index contributed by atoms with van der Waals surface area (Å²) in [6, 6.07) is 3.65. The van der Waals surface area contributed by atoms with Gasteiger partial charge in [0, 0.05) is 57.4 Å². The summed E-state index contributed by atoms with van der Waals surface area (Å²) in [5.41, 5.74) is 2.67. The molecule has 174 valence electrons. The Hall–Kier alpha value is -3.27. The molecular weight excluding hydrogens is 427 g/mol. The molecule has 1 aliphatic carbocycles. The van der Waals surface area contributed by atoms with Crippen LogP contribution in [0.2, 0.25) is 0 Å². The predicted molar refractivity (Wildman–Crippen MR) is 120 cm³/mol. The van der Waals surface area contributed by atoms with Crippen molar-refractivity contribution in [1.82, 2.24) is 20.2 Å². The Balaban J connectivity index is 1.23. The van der Waals surface area contributed by atoms with E-state index in [1.165, 1.54) is 6.20 Å². The second-order valence-corrected chi connectivity index (χ2v) is 8.79. The van der Waals surface area contributed by atoms with E-state index in [1.54, 1.807) is 13.1 Å². The first-order chi connectivity index (χ1) is 15.9. The molecule has 0 radical (unpaired) electrons. The lowest BCUT2D eigenvalue weighted by Gasteiger charge is -2.36. The van der Waals surface area contributed by atoms with E-state index in [2.05, 4.69) is 30.4 Å². The summed E-state index contributed by atoms with van der Waals surface area (Å²) in [5, 5.41) is 5.25. The van der Waals surface area contributed by atoms with Crippen molar-refractivity contribution in [2.75, 3.05) is 43.4 Å². The van der Waals surface area contributed by atoms with Gasteiger partial charge in [0.1, 0.15) is 11.4 Å². The van der Waals surface area contributed by atoms with Crippen molar-refractivity contribution in [3.63, 3.8) is 0 Å². The lowest BCUT2D eigenvalue weighted by atomic mass is 10.1. The number of ether oxygens (including phenoxy) is 1. The van der Waals surface area contributed by atoms with Gasteiger partial charge in [-0.25, -0.2) is 14.4 Å². The monoisotopic (exact) mass is 454 g/mol. The minimum atomic E-state index is -0.563. The molecule has 2 fully saturated rings. The third kappa shape index (κ3) is 4.22. The van der Waals surface area contributed by atoms with Crippen LogP contribution in [-0.4, -0.2) is 66.0 Å². The summed E-state index contributed by atoms with van der Waals surface area (Å²) in [6.07, 6.45) is 2.85. The van der Waals surface area contributed by atoms with Gasteiger partial charge in [-0.15, -0.1) is 0 Å². The lowest BCUT2D eigenvalue weighted by molar-refractivity contribution is -0.124. The molecule has 0 bridgehead atoms. The molecule has 5 rings (SSSR count). The van der Waals surface area contributed by atoms with Gasteiger partial charge in [-0.2, -0.15) is 0 Å². The van der Waals surface area contributed by atoms with Crippen LogP contribution in [0.3, 0.4) is 0 Å². The number of piperazine rings is 1. The Morgan fingerprint density at radius 2 is 2.03 bits per heavy atom. The number of hydrogen-bond acceptors (Lipinski definition) is 7. The van der Waals surface area contributed by atoms with E-state index in [0.29, 0.717) is 17.8 Å². The van der Waals surface area contributed by atoms with Crippen LogP contribution in [0.25, 0.3) is 0 Å². The van der Waals surface area contributed by atoms with Gasteiger partial charge in [0.25, 0.3) is 11.8 Å². The van der Waals surface area contributed by atoms with Crippen molar-refractivity contribution in [2.45, 2.75) is 32.4 Å². The first kappa shape index (κ1) is 21.6. The largest absolute Gasteiger partial charge is 0.462 e. The normalized spacial score (nSPS) is 20.6. The molecule has 0 spiro atoms. The van der Waals surface area contributed by atoms with Gasteiger partial charge in [-0.3, -0.25) is 14.5 Å². The van der Waals surface area contributed by atoms with Crippen molar-refractivity contribution in [3.8, 4) is 5.88 Å². The number of nitrogens with zero attached hydrogens (tertiary/aromatic N) is 4. The number of carbonyl (C=O) groups is 2. The fourth-order valence-electron chi connectivity index (χ4n) is 4.43. The topological polar surface area (TPSA) is 99.7 Å². The van der Waals surface area contributed by atoms with Crippen LogP contribution < -0.4 is 20.3 Å². The number of nitrogens with one attached hydrogen (secondary N) is 2. The van der Waals surface area contributed by atoms with Crippen molar-refractivity contribution in [2.24, 2.45) is 5.92 Å². The van der Waals surface area contributed by atoms with Crippen LogP contribution in [0.15, 0.2) is 18.3 Å². The average molecular weight is 455 g/mol. The van der Waals surface area contributed by atoms with Crippen molar-refractivity contribution >= 4 is 23.2 Å². The molecule has 1 atom stereocenters. The third-order valence-electron chi connectivity index (χ3n) is 6.47. The standard InChI is InChI=1S/C23H27FN6O3/c1-13-17(6-5-16(27-13)21(31)25-2)30-9-7-29(8-10-30)12-15-11-26-23-19(18(15)24)28-22(32)20(33-23)14-3-4-14/h5-6,11,14,20H,3-4,7-10,12H2,1-2H3,(H,25,31)(H,28,32). The third-order valence-corrected chi connectivity index (χ3v) is 6.47. The van der Waals surface area contributed by atoms with Crippen LogP contribution in [0.5, 0.6) is 5.88 Å². The smallest absolute Gasteiger partial charge is 0.269 e. The quantitative estimate of drug-likeness (QED) is 0.710. The minimum absolute atomic E-state index is 0.0472. The summed E-state index contributed by atoms with van der Waals surface area (Å²) in [5.74, 6) is -0.601. The van der Waals surface area contributed by atoms with Crippen molar-refractivity contribution in [3.05, 3.63) is 41.1 Å². The number of carbonyl (C=O) groups excluding carboxylic acids is 2. The molecule has 2 aliphatic heterocycles. The number of aryl methyl sites for hydroxylation is 1. The molecule has 9 nitrogen and oxygen atoms in total. The van der Waals surface area contributed by atoms with Crippen LogP contribution in [0.1, 0.15) is 34.6 Å². The molecule has 33 heavy (non-hydrogen) atoms. The van der Waals surface area contributed by atoms with E-state index in [0.717, 1.165) is 50.4 Å². The molecule has 2 aromatic rings. The number of hydrogen-bond donors (Lipinski definition) is 2. The molecule has 1 unspecified atom stereocenters. The highest BCUT2D eigenvalue weighted by molar-refractivity contribution is 5.98. The van der Waals surface area contributed by atoms with Gasteiger partial charge in [0.2, 0.25) is 5.88 Å². The summed E-state index contributed by atoms with van der Waals surface area (Å²) in [7, 11) is 1.58. The maximum absolute atomic E-state index is 15.1. The highest BCUT2D eigenvalue weighted by atomic mass is 19.1. The molecular formula is C23H27FN6O3. The molecule has 0 aromatic carbocycles. The van der Waals surface area contributed by atoms with Crippen molar-refractivity contribution in [1.29, 1.82) is 0 Å². The molecule has 1 saturated heterocycles. The molecule has 4 heterocycles. The second-order valence-electron chi connectivity index (χ2n) is 8.79. The first-order valence-corrected chi connectivity index (χ1v) is 11.3. The van der Waals surface area contributed by atoms with E-state index in [9.17, 15) is 9.59 Å². The SMILES string of the molecule is CNC(=O)c1ccc(N2CCN(Cc3cnc4c(c3F)NC(=O)C(C3CC3)O4)CC2)c(C)n1. The van der Waals surface area contributed by atoms with E-state index in [1.807, 2.05) is 13.0 Å². The van der Waals surface area contributed by atoms with Gasteiger partial charge in [-0.05, 0) is 31.9 Å². The van der Waals surface area contributed by atoms with Gasteiger partial charge in [0.15, 0.2) is 11.9 Å². The Morgan fingerprint density at radius 1 is 1.27 bits per heavy atom. The first-order valence-electron chi connectivity index (χ1n) is 11.3. The van der Waals surface area contributed by atoms with Crippen LogP contribution in [0.4, 0.5) is 15.8 Å². The molecule has 10 heteroatoms. The summed E-state index contributed by atoms with van der Waals surface area (Å²) < 4.78 is 20.8. The summed E-state index contributed by atoms with van der Waals surface area (Å²) >= 11 is 0. The fourth-order valence-corrected chi connectivity index (χ4v) is 4.43. The van der Waals surface area contributed by atoms with E-state index < -0.39 is 11.9 Å². The van der Waals surface area contributed by atoms with Crippen LogP contribution in [-0.2, 0) is 11.3 Å². The van der Waals surface area contributed by atoms with Crippen LogP contribution >= 0.6 is 0 Å². The van der Waals surface area contributed by atoms with E-state index >= 15 is 4.39 Å². The number of anilines is 2. The molecule has 1 saturated carbocycles. The summed E-state index contributed by atoms with van der Waals surface area (Å²) in [6.45, 7) is 5.27. The maximum atomic E-state index is 15.1. The number of amides is 2. The fraction of sp³-hybridized carbons (Fsp3) is 0.478. The zero-order valence-corrected chi connectivity index (χ0v) is 18.7. The van der Waals surface area contributed by atoms with Crippen molar-refractivity contribution < 1.29 is 18.7 Å². The highest BCUT2D eigenvalue weighted by Crippen LogP contribution is 2.40. The zero-order chi connectivity index (χ0) is 23.1. The van der Waals surface area contributed by atoms with E-state index in [4.69, 9.17) is 4.74 Å². The average Bonchev–Trinajstić information content (AvgIpc) is 3.66. The second kappa shape index (κ2) is 8.58. The number of pyridine rings is 2. The summed E-state index contributed by atoms with van der Waals surface area (Å²) in [4.78, 5) is 37.2. The number of halogens is 1. The Bertz CT molecular complexity index is 1100. The number of aromatic nitrogens is 2. The van der Waals surface area contributed by atoms with Gasteiger partial charge in [-0.1, -0.05) is 0 Å². The Labute approximate surface area is 191 Å². The highest BCUT2D eigenvalue weighted by Gasteiger charge is 2.42. The Morgan fingerprint density at radius 3 is 2.70 bits per heavy atom. The van der Waals surface area contributed by atoms with Gasteiger partial charge >= 0.3 is 0 Å². The predicted octanol–water partition coefficient (Wildman–Crippen LogP) is 1.72. The zero-order valence-electron chi connectivity index (χ0n) is 18.7. The number of fused-ring (bicyclic) bond motifs is 1.